The first kappa shape index (κ1) is 23.0. The minimum Gasteiger partial charge on any atom is -0.341 e. The van der Waals surface area contributed by atoms with E-state index in [1.807, 2.05) is 0 Å². The van der Waals surface area contributed by atoms with Crippen LogP contribution in [0.25, 0.3) is 0 Å². The third kappa shape index (κ3) is 5.15. The van der Waals surface area contributed by atoms with Crippen molar-refractivity contribution >= 4 is 43.5 Å². The Labute approximate surface area is 205 Å². The summed E-state index contributed by atoms with van der Waals surface area (Å²) in [5.74, 6) is 0. The van der Waals surface area contributed by atoms with Crippen molar-refractivity contribution in [1.82, 2.24) is 4.90 Å². The molecule has 2 nitrogen and oxygen atoms in total. The standard InChI is InChI=1S/C30H29NOP2/c32-24-31-22-30(34(28-17-9-3-10-18-28)29-19-11-4-12-20-29)21-25(31)23-33(26-13-5-1-6-14-26)27-15-7-2-8-16-27/h1-20,24-25,30H,21-23H2. The molecule has 4 heteroatoms. The second kappa shape index (κ2) is 11.1. The minimum absolute atomic E-state index is 0.256. The molecule has 1 fully saturated rings. The summed E-state index contributed by atoms with van der Waals surface area (Å²) in [6.45, 7) is 0.830. The number of carbonyl (C=O) groups excluding carboxylic acids is 1. The molecule has 5 rings (SSSR count). The number of benzene rings is 4. The first-order valence-electron chi connectivity index (χ1n) is 11.8. The highest BCUT2D eigenvalue weighted by Gasteiger charge is 2.38. The summed E-state index contributed by atoms with van der Waals surface area (Å²) in [6, 6.07) is 43.7. The maximum atomic E-state index is 12.3. The Hall–Kier alpha value is -2.79. The fourth-order valence-corrected chi connectivity index (χ4v) is 10.4. The quantitative estimate of drug-likeness (QED) is 0.260. The topological polar surface area (TPSA) is 20.3 Å². The molecule has 1 aliphatic heterocycles. The van der Waals surface area contributed by atoms with E-state index in [0.29, 0.717) is 5.66 Å². The van der Waals surface area contributed by atoms with E-state index in [9.17, 15) is 4.79 Å². The van der Waals surface area contributed by atoms with E-state index in [4.69, 9.17) is 0 Å². The summed E-state index contributed by atoms with van der Waals surface area (Å²) < 4.78 is 0. The van der Waals surface area contributed by atoms with Gasteiger partial charge < -0.3 is 4.90 Å². The molecule has 4 aromatic rings. The summed E-state index contributed by atoms with van der Waals surface area (Å²) in [7, 11) is -1.07. The fraction of sp³-hybridized carbons (Fsp3) is 0.167. The second-order valence-corrected chi connectivity index (χ2v) is 13.4. The van der Waals surface area contributed by atoms with Gasteiger partial charge in [-0.1, -0.05) is 121 Å². The highest BCUT2D eigenvalue weighted by Crippen LogP contribution is 2.47. The normalized spacial score (nSPS) is 17.9. The van der Waals surface area contributed by atoms with Crippen LogP contribution in [0.3, 0.4) is 0 Å². The first-order valence-corrected chi connectivity index (χ1v) is 14.8. The van der Waals surface area contributed by atoms with Gasteiger partial charge in [-0.05, 0) is 49.6 Å². The number of rotatable bonds is 8. The maximum absolute atomic E-state index is 12.3. The SMILES string of the molecule is O=CN1CC(P(c2ccccc2)c2ccccc2)CC1CP(c1ccccc1)c1ccccc1. The van der Waals surface area contributed by atoms with Crippen molar-refractivity contribution in [3.8, 4) is 0 Å². The van der Waals surface area contributed by atoms with Crippen molar-refractivity contribution in [2.24, 2.45) is 0 Å². The zero-order valence-electron chi connectivity index (χ0n) is 19.2. The summed E-state index contributed by atoms with van der Waals surface area (Å²) in [5.41, 5.74) is 0.457. The van der Waals surface area contributed by atoms with E-state index in [-0.39, 0.29) is 6.04 Å². The van der Waals surface area contributed by atoms with E-state index in [0.717, 1.165) is 25.5 Å². The molecule has 4 aromatic carbocycles. The third-order valence-corrected chi connectivity index (χ3v) is 12.0. The first-order chi connectivity index (χ1) is 16.8. The van der Waals surface area contributed by atoms with Crippen molar-refractivity contribution in [2.45, 2.75) is 18.1 Å². The number of hydrogen-bond acceptors (Lipinski definition) is 1. The number of amides is 1. The molecule has 0 spiro atoms. The Bertz CT molecular complexity index is 1090. The zero-order chi connectivity index (χ0) is 23.2. The van der Waals surface area contributed by atoms with Gasteiger partial charge in [-0.25, -0.2) is 0 Å². The lowest BCUT2D eigenvalue weighted by atomic mass is 10.2. The van der Waals surface area contributed by atoms with Gasteiger partial charge in [0, 0.05) is 18.2 Å². The maximum Gasteiger partial charge on any atom is 0.209 e. The van der Waals surface area contributed by atoms with Crippen molar-refractivity contribution < 1.29 is 4.79 Å². The van der Waals surface area contributed by atoms with Crippen LogP contribution in [0.15, 0.2) is 121 Å². The van der Waals surface area contributed by atoms with Crippen molar-refractivity contribution in [3.05, 3.63) is 121 Å². The molecule has 0 saturated carbocycles. The van der Waals surface area contributed by atoms with Crippen LogP contribution in [0.2, 0.25) is 0 Å². The van der Waals surface area contributed by atoms with Gasteiger partial charge in [0.1, 0.15) is 0 Å². The molecular formula is C30H29NOP2. The van der Waals surface area contributed by atoms with Gasteiger partial charge in [-0.2, -0.15) is 0 Å². The molecule has 1 heterocycles. The highest BCUT2D eigenvalue weighted by molar-refractivity contribution is 7.74. The predicted molar refractivity (Wildman–Crippen MR) is 148 cm³/mol. The minimum atomic E-state index is -0.538. The summed E-state index contributed by atoms with van der Waals surface area (Å²) >= 11 is 0. The van der Waals surface area contributed by atoms with E-state index < -0.39 is 15.8 Å². The Kier molecular flexibility index (Phi) is 7.49. The molecule has 0 bridgehead atoms. The molecule has 2 unspecified atom stereocenters. The molecule has 34 heavy (non-hydrogen) atoms. The van der Waals surface area contributed by atoms with E-state index >= 15 is 0 Å². The van der Waals surface area contributed by atoms with Gasteiger partial charge in [0.25, 0.3) is 0 Å². The van der Waals surface area contributed by atoms with Gasteiger partial charge in [-0.15, -0.1) is 0 Å². The predicted octanol–water partition coefficient (Wildman–Crippen LogP) is 4.85. The summed E-state index contributed by atoms with van der Waals surface area (Å²) in [5, 5.41) is 5.56. The molecule has 1 amide bonds. The molecule has 170 valence electrons. The van der Waals surface area contributed by atoms with Crippen LogP contribution in [0.5, 0.6) is 0 Å². The van der Waals surface area contributed by atoms with Crippen LogP contribution in [-0.4, -0.2) is 35.7 Å². The number of likely N-dealkylation sites (tertiary alicyclic amines) is 1. The Balaban J connectivity index is 1.45. The Morgan fingerprint density at radius 2 is 1.06 bits per heavy atom. The number of nitrogens with zero attached hydrogens (tertiary/aromatic N) is 1. The van der Waals surface area contributed by atoms with Crippen molar-refractivity contribution in [1.29, 1.82) is 0 Å². The van der Waals surface area contributed by atoms with Crippen LogP contribution < -0.4 is 21.2 Å². The smallest absolute Gasteiger partial charge is 0.209 e. The lowest BCUT2D eigenvalue weighted by molar-refractivity contribution is -0.118. The number of carbonyl (C=O) groups is 1. The van der Waals surface area contributed by atoms with Crippen LogP contribution in [0.1, 0.15) is 6.42 Å². The second-order valence-electron chi connectivity index (χ2n) is 8.67. The molecule has 1 saturated heterocycles. The van der Waals surface area contributed by atoms with Gasteiger partial charge in [0.15, 0.2) is 0 Å². The van der Waals surface area contributed by atoms with Gasteiger partial charge in [0.05, 0.1) is 0 Å². The van der Waals surface area contributed by atoms with E-state index in [2.05, 4.69) is 126 Å². The molecular weight excluding hydrogens is 452 g/mol. The molecule has 0 aromatic heterocycles. The molecule has 0 N–H and O–H groups in total. The zero-order valence-corrected chi connectivity index (χ0v) is 20.9. The van der Waals surface area contributed by atoms with Crippen LogP contribution in [-0.2, 0) is 4.79 Å². The Morgan fingerprint density at radius 1 is 0.647 bits per heavy atom. The molecule has 2 atom stereocenters. The van der Waals surface area contributed by atoms with Crippen LogP contribution in [0.4, 0.5) is 0 Å². The largest absolute Gasteiger partial charge is 0.341 e. The average molecular weight is 482 g/mol. The van der Waals surface area contributed by atoms with E-state index in [1.165, 1.54) is 21.2 Å². The summed E-state index contributed by atoms with van der Waals surface area (Å²) in [4.78, 5) is 14.3. The van der Waals surface area contributed by atoms with Crippen LogP contribution in [0, 0.1) is 0 Å². The van der Waals surface area contributed by atoms with Crippen molar-refractivity contribution in [3.63, 3.8) is 0 Å². The molecule has 0 aliphatic carbocycles. The van der Waals surface area contributed by atoms with Crippen LogP contribution >= 0.6 is 15.8 Å². The van der Waals surface area contributed by atoms with Gasteiger partial charge in [0.2, 0.25) is 6.41 Å². The van der Waals surface area contributed by atoms with Gasteiger partial charge in [-0.3, -0.25) is 4.79 Å². The molecule has 1 aliphatic rings. The highest BCUT2D eigenvalue weighted by atomic mass is 31.1. The number of hydrogen-bond donors (Lipinski definition) is 0. The molecule has 0 radical (unpaired) electrons. The lowest BCUT2D eigenvalue weighted by Crippen LogP contribution is -2.33. The monoisotopic (exact) mass is 481 g/mol. The van der Waals surface area contributed by atoms with Crippen molar-refractivity contribution in [2.75, 3.05) is 12.7 Å². The van der Waals surface area contributed by atoms with E-state index in [1.54, 1.807) is 0 Å². The van der Waals surface area contributed by atoms with Gasteiger partial charge >= 0.3 is 0 Å². The third-order valence-electron chi connectivity index (χ3n) is 6.53. The Morgan fingerprint density at radius 3 is 1.47 bits per heavy atom. The fourth-order valence-electron chi connectivity index (χ4n) is 4.95. The summed E-state index contributed by atoms with van der Waals surface area (Å²) in [6.07, 6.45) is 3.15. The average Bonchev–Trinajstić information content (AvgIpc) is 3.32. The lowest BCUT2D eigenvalue weighted by Gasteiger charge is -2.26.